The molecule has 164 valence electrons. The van der Waals surface area contributed by atoms with E-state index in [1.807, 2.05) is 39.1 Å². The number of aromatic nitrogens is 3. The van der Waals surface area contributed by atoms with Gasteiger partial charge < -0.3 is 15.0 Å². The molecule has 31 heavy (non-hydrogen) atoms. The van der Waals surface area contributed by atoms with E-state index in [2.05, 4.69) is 25.4 Å². The van der Waals surface area contributed by atoms with E-state index in [1.54, 1.807) is 12.1 Å². The number of pyridine rings is 1. The molecule has 2 aromatic heterocycles. The highest BCUT2D eigenvalue weighted by Gasteiger charge is 2.19. The Morgan fingerprint density at radius 1 is 1.13 bits per heavy atom. The van der Waals surface area contributed by atoms with E-state index in [-0.39, 0.29) is 6.04 Å². The summed E-state index contributed by atoms with van der Waals surface area (Å²) in [6.45, 7) is 8.71. The second-order valence-corrected chi connectivity index (χ2v) is 9.91. The fourth-order valence-electron chi connectivity index (χ4n) is 4.02. The number of hydrogen-bond acceptors (Lipinski definition) is 8. The van der Waals surface area contributed by atoms with Crippen LogP contribution < -0.4 is 10.2 Å². The predicted octanol–water partition coefficient (Wildman–Crippen LogP) is 3.05. The number of nitrogens with zero attached hydrogens (tertiary/aromatic N) is 4. The van der Waals surface area contributed by atoms with Crippen molar-refractivity contribution < 1.29 is 13.2 Å². The third-order valence-corrected chi connectivity index (χ3v) is 6.96. The summed E-state index contributed by atoms with van der Waals surface area (Å²) in [5.74, 6) is 1.53. The van der Waals surface area contributed by atoms with Crippen LogP contribution in [0.3, 0.4) is 0 Å². The van der Waals surface area contributed by atoms with Gasteiger partial charge in [-0.3, -0.25) is 0 Å². The normalized spacial score (nSPS) is 15.8. The summed E-state index contributed by atoms with van der Waals surface area (Å²) in [4.78, 5) is 7.18. The van der Waals surface area contributed by atoms with E-state index in [4.69, 9.17) is 4.74 Å². The molecule has 1 N–H and O–H groups in total. The smallest absolute Gasteiger partial charge is 0.175 e. The maximum atomic E-state index is 12.1. The zero-order chi connectivity index (χ0) is 22.2. The van der Waals surface area contributed by atoms with E-state index in [0.29, 0.717) is 23.9 Å². The van der Waals surface area contributed by atoms with Crippen LogP contribution in [0.25, 0.3) is 10.8 Å². The Hall–Kier alpha value is -2.78. The molecule has 1 aliphatic rings. The van der Waals surface area contributed by atoms with E-state index in [9.17, 15) is 8.42 Å². The van der Waals surface area contributed by atoms with Crippen LogP contribution in [0.5, 0.6) is 0 Å². The highest BCUT2D eigenvalue weighted by molar-refractivity contribution is 7.90. The molecule has 1 unspecified atom stereocenters. The largest absolute Gasteiger partial charge is 0.378 e. The number of ether oxygens (including phenoxy) is 1. The molecule has 4 rings (SSSR count). The van der Waals surface area contributed by atoms with Crippen molar-refractivity contribution in [2.75, 3.05) is 42.8 Å². The summed E-state index contributed by atoms with van der Waals surface area (Å²) in [6, 6.07) is 7.23. The highest BCUT2D eigenvalue weighted by Crippen LogP contribution is 2.31. The van der Waals surface area contributed by atoms with E-state index >= 15 is 0 Å². The molecule has 9 heteroatoms. The zero-order valence-corrected chi connectivity index (χ0v) is 19.0. The monoisotopic (exact) mass is 441 g/mol. The summed E-state index contributed by atoms with van der Waals surface area (Å²) in [5, 5.41) is 14.0. The Balaban J connectivity index is 1.72. The highest BCUT2D eigenvalue weighted by atomic mass is 32.2. The van der Waals surface area contributed by atoms with Crippen molar-refractivity contribution in [1.29, 1.82) is 0 Å². The number of nitrogens with one attached hydrogen (secondary N) is 1. The first-order valence-corrected chi connectivity index (χ1v) is 12.2. The molecular formula is C22H27N5O3S. The van der Waals surface area contributed by atoms with Crippen LogP contribution in [-0.2, 0) is 14.6 Å². The molecule has 1 aromatic carbocycles. The van der Waals surface area contributed by atoms with Crippen molar-refractivity contribution in [3.05, 3.63) is 47.3 Å². The lowest BCUT2D eigenvalue weighted by molar-refractivity contribution is 0.122. The van der Waals surface area contributed by atoms with E-state index in [1.165, 1.54) is 6.26 Å². The second kappa shape index (κ2) is 8.39. The van der Waals surface area contributed by atoms with Crippen molar-refractivity contribution in [3.63, 3.8) is 0 Å². The summed E-state index contributed by atoms with van der Waals surface area (Å²) in [7, 11) is -3.30. The van der Waals surface area contributed by atoms with Gasteiger partial charge in [0.05, 0.1) is 29.8 Å². The van der Waals surface area contributed by atoms with Crippen molar-refractivity contribution in [1.82, 2.24) is 15.2 Å². The Kier molecular flexibility index (Phi) is 5.81. The van der Waals surface area contributed by atoms with E-state index in [0.717, 1.165) is 46.5 Å². The Bertz CT molecular complexity index is 1220. The lowest BCUT2D eigenvalue weighted by Gasteiger charge is -2.28. The minimum atomic E-state index is -3.30. The van der Waals surface area contributed by atoms with Crippen LogP contribution in [-0.4, -0.2) is 56.2 Å². The summed E-state index contributed by atoms with van der Waals surface area (Å²) >= 11 is 0. The Morgan fingerprint density at radius 2 is 1.87 bits per heavy atom. The first-order chi connectivity index (χ1) is 14.8. The lowest BCUT2D eigenvalue weighted by Crippen LogP contribution is -2.36. The predicted molar refractivity (Wildman–Crippen MR) is 121 cm³/mol. The molecule has 1 fully saturated rings. The van der Waals surface area contributed by atoms with Gasteiger partial charge in [0.25, 0.3) is 0 Å². The van der Waals surface area contributed by atoms with Crippen LogP contribution in [0, 0.1) is 13.8 Å². The van der Waals surface area contributed by atoms with E-state index < -0.39 is 9.84 Å². The van der Waals surface area contributed by atoms with Crippen LogP contribution >= 0.6 is 0 Å². The number of benzene rings is 1. The number of morpholine rings is 1. The van der Waals surface area contributed by atoms with Gasteiger partial charge in [0.1, 0.15) is 5.82 Å². The second-order valence-electron chi connectivity index (χ2n) is 7.93. The molecule has 0 radical (unpaired) electrons. The molecular weight excluding hydrogens is 414 g/mol. The van der Waals surface area contributed by atoms with Gasteiger partial charge in [-0.05, 0) is 44.0 Å². The fourth-order valence-corrected chi connectivity index (χ4v) is 5.02. The number of fused-ring (bicyclic) bond motifs is 1. The molecule has 1 atom stereocenters. The molecule has 1 saturated heterocycles. The van der Waals surface area contributed by atoms with Crippen LogP contribution in [0.2, 0.25) is 0 Å². The molecule has 0 aliphatic carbocycles. The first-order valence-electron chi connectivity index (χ1n) is 10.3. The SMILES string of the molecule is Cc1c(C(C)Nc2nnc(C)c3cnc(N4CCOCC4)cc23)cccc1S(C)(=O)=O. The topological polar surface area (TPSA) is 97.3 Å². The van der Waals surface area contributed by atoms with Gasteiger partial charge >= 0.3 is 0 Å². The minimum Gasteiger partial charge on any atom is -0.378 e. The molecule has 0 amide bonds. The number of anilines is 2. The van der Waals surface area contributed by atoms with Gasteiger partial charge in [0, 0.05) is 36.3 Å². The molecule has 3 aromatic rings. The average molecular weight is 442 g/mol. The third kappa shape index (κ3) is 4.33. The number of aryl methyl sites for hydroxylation is 1. The van der Waals surface area contributed by atoms with Gasteiger partial charge in [-0.25, -0.2) is 13.4 Å². The van der Waals surface area contributed by atoms with Gasteiger partial charge in [0.2, 0.25) is 0 Å². The fraction of sp³-hybridized carbons (Fsp3) is 0.409. The van der Waals surface area contributed by atoms with Gasteiger partial charge in [0.15, 0.2) is 15.7 Å². The van der Waals surface area contributed by atoms with Crippen LogP contribution in [0.4, 0.5) is 11.6 Å². The summed E-state index contributed by atoms with van der Waals surface area (Å²) in [6.07, 6.45) is 3.08. The average Bonchev–Trinajstić information content (AvgIpc) is 2.75. The number of rotatable bonds is 5. The Labute approximate surface area is 182 Å². The van der Waals surface area contributed by atoms with Crippen molar-refractivity contribution in [2.45, 2.75) is 31.7 Å². The van der Waals surface area contributed by atoms with Gasteiger partial charge in [-0.2, -0.15) is 5.10 Å². The van der Waals surface area contributed by atoms with Crippen molar-refractivity contribution >= 4 is 32.2 Å². The number of sulfone groups is 1. The van der Waals surface area contributed by atoms with Gasteiger partial charge in [-0.1, -0.05) is 12.1 Å². The van der Waals surface area contributed by atoms with Crippen LogP contribution in [0.15, 0.2) is 35.4 Å². The summed E-state index contributed by atoms with van der Waals surface area (Å²) < 4.78 is 29.7. The number of hydrogen-bond donors (Lipinski definition) is 1. The standard InChI is InChI=1S/C22H27N5O3S/c1-14-17(6-5-7-20(14)31(4,28)29)15(2)24-22-18-12-21(27-8-10-30-11-9-27)23-13-19(18)16(3)25-26-22/h5-7,12-13,15H,8-11H2,1-4H3,(H,24,26). The maximum absolute atomic E-state index is 12.1. The lowest BCUT2D eigenvalue weighted by atomic mass is 10.0. The molecule has 8 nitrogen and oxygen atoms in total. The quantitative estimate of drug-likeness (QED) is 0.645. The van der Waals surface area contributed by atoms with Crippen molar-refractivity contribution in [2.24, 2.45) is 0 Å². The molecule has 0 bridgehead atoms. The maximum Gasteiger partial charge on any atom is 0.175 e. The molecule has 1 aliphatic heterocycles. The van der Waals surface area contributed by atoms with Gasteiger partial charge in [-0.15, -0.1) is 5.10 Å². The van der Waals surface area contributed by atoms with Crippen LogP contribution in [0.1, 0.15) is 29.8 Å². The third-order valence-electron chi connectivity index (χ3n) is 5.71. The molecule has 3 heterocycles. The zero-order valence-electron chi connectivity index (χ0n) is 18.2. The van der Waals surface area contributed by atoms with Crippen molar-refractivity contribution in [3.8, 4) is 0 Å². The molecule has 0 saturated carbocycles. The molecule has 0 spiro atoms. The first kappa shape index (κ1) is 21.5. The minimum absolute atomic E-state index is 0.165. The Morgan fingerprint density at radius 3 is 2.58 bits per heavy atom. The summed E-state index contributed by atoms with van der Waals surface area (Å²) in [5.41, 5.74) is 2.45.